The summed E-state index contributed by atoms with van der Waals surface area (Å²) in [6.07, 6.45) is 6.42. The van der Waals surface area contributed by atoms with Gasteiger partial charge in [0, 0.05) is 25.4 Å². The predicted molar refractivity (Wildman–Crippen MR) is 75.0 cm³/mol. The van der Waals surface area contributed by atoms with Gasteiger partial charge in [-0.3, -0.25) is 0 Å². The van der Waals surface area contributed by atoms with Crippen molar-refractivity contribution in [1.29, 1.82) is 0 Å². The fourth-order valence-corrected chi connectivity index (χ4v) is 2.68. The van der Waals surface area contributed by atoms with E-state index in [1.807, 2.05) is 12.3 Å². The highest BCUT2D eigenvalue weighted by molar-refractivity contribution is 5.35. The van der Waals surface area contributed by atoms with E-state index in [9.17, 15) is 5.11 Å². The SMILES string of the molecule is CCn1ccnc1CC(O)c1ccccc1C1CC1. The molecule has 1 N–H and O–H groups in total. The van der Waals surface area contributed by atoms with Crippen LogP contribution < -0.4 is 0 Å². The average molecular weight is 256 g/mol. The van der Waals surface area contributed by atoms with Gasteiger partial charge >= 0.3 is 0 Å². The van der Waals surface area contributed by atoms with Gasteiger partial charge in [-0.2, -0.15) is 0 Å². The van der Waals surface area contributed by atoms with Crippen molar-refractivity contribution in [1.82, 2.24) is 9.55 Å². The molecule has 0 radical (unpaired) electrons. The maximum atomic E-state index is 10.5. The maximum Gasteiger partial charge on any atom is 0.111 e. The lowest BCUT2D eigenvalue weighted by Crippen LogP contribution is -2.09. The van der Waals surface area contributed by atoms with Gasteiger partial charge < -0.3 is 9.67 Å². The summed E-state index contributed by atoms with van der Waals surface area (Å²) in [5, 5.41) is 10.5. The van der Waals surface area contributed by atoms with Crippen molar-refractivity contribution >= 4 is 0 Å². The second-order valence-electron chi connectivity index (χ2n) is 5.25. The first kappa shape index (κ1) is 12.4. The van der Waals surface area contributed by atoms with E-state index in [1.165, 1.54) is 18.4 Å². The Morgan fingerprint density at radius 3 is 2.89 bits per heavy atom. The summed E-state index contributed by atoms with van der Waals surface area (Å²) in [4.78, 5) is 4.35. The second kappa shape index (κ2) is 5.17. The molecule has 1 fully saturated rings. The zero-order valence-electron chi connectivity index (χ0n) is 11.3. The van der Waals surface area contributed by atoms with Gasteiger partial charge in [-0.25, -0.2) is 4.98 Å². The zero-order valence-corrected chi connectivity index (χ0v) is 11.3. The van der Waals surface area contributed by atoms with Crippen molar-refractivity contribution in [2.45, 2.75) is 44.8 Å². The summed E-state index contributed by atoms with van der Waals surface area (Å²) >= 11 is 0. The van der Waals surface area contributed by atoms with Crippen LogP contribution in [0.1, 0.15) is 48.7 Å². The number of rotatable bonds is 5. The van der Waals surface area contributed by atoms with Gasteiger partial charge in [-0.05, 0) is 36.8 Å². The first-order chi connectivity index (χ1) is 9.29. The molecular weight excluding hydrogens is 236 g/mol. The number of hydrogen-bond acceptors (Lipinski definition) is 2. The van der Waals surface area contributed by atoms with Gasteiger partial charge in [0.25, 0.3) is 0 Å². The van der Waals surface area contributed by atoms with E-state index in [0.717, 1.165) is 17.9 Å². The molecule has 0 bridgehead atoms. The van der Waals surface area contributed by atoms with Crippen LogP contribution in [0.25, 0.3) is 0 Å². The molecule has 3 rings (SSSR count). The van der Waals surface area contributed by atoms with Crippen LogP contribution in [0.3, 0.4) is 0 Å². The van der Waals surface area contributed by atoms with Crippen LogP contribution in [0, 0.1) is 0 Å². The highest BCUT2D eigenvalue weighted by Gasteiger charge is 2.27. The van der Waals surface area contributed by atoms with E-state index in [2.05, 4.69) is 34.7 Å². The smallest absolute Gasteiger partial charge is 0.111 e. The molecule has 1 aliphatic rings. The van der Waals surface area contributed by atoms with E-state index in [-0.39, 0.29) is 0 Å². The fraction of sp³-hybridized carbons (Fsp3) is 0.438. The third-order valence-electron chi connectivity index (χ3n) is 3.89. The molecule has 0 amide bonds. The van der Waals surface area contributed by atoms with E-state index < -0.39 is 6.10 Å². The molecular formula is C16H20N2O. The van der Waals surface area contributed by atoms with Crippen LogP contribution in [-0.2, 0) is 13.0 Å². The van der Waals surface area contributed by atoms with E-state index in [1.54, 1.807) is 6.20 Å². The maximum absolute atomic E-state index is 10.5. The number of benzene rings is 1. The Hall–Kier alpha value is -1.61. The molecule has 2 aromatic rings. The number of imidazole rings is 1. The van der Waals surface area contributed by atoms with Crippen LogP contribution in [0.4, 0.5) is 0 Å². The van der Waals surface area contributed by atoms with Gasteiger partial charge in [-0.15, -0.1) is 0 Å². The minimum absolute atomic E-state index is 0.454. The highest BCUT2D eigenvalue weighted by Crippen LogP contribution is 2.43. The predicted octanol–water partition coefficient (Wildman–Crippen LogP) is 3.06. The van der Waals surface area contributed by atoms with Crippen molar-refractivity contribution in [3.05, 3.63) is 53.6 Å². The first-order valence-electron chi connectivity index (χ1n) is 7.06. The Labute approximate surface area is 113 Å². The van der Waals surface area contributed by atoms with Crippen LogP contribution in [0.2, 0.25) is 0 Å². The molecule has 1 saturated carbocycles. The summed E-state index contributed by atoms with van der Waals surface area (Å²) in [6.45, 7) is 2.99. The molecule has 1 aliphatic carbocycles. The molecule has 3 heteroatoms. The molecule has 3 nitrogen and oxygen atoms in total. The molecule has 1 unspecified atom stereocenters. The number of aliphatic hydroxyl groups excluding tert-OH is 1. The summed E-state index contributed by atoms with van der Waals surface area (Å²) in [5.74, 6) is 1.62. The number of hydrogen-bond donors (Lipinski definition) is 1. The highest BCUT2D eigenvalue weighted by atomic mass is 16.3. The largest absolute Gasteiger partial charge is 0.388 e. The standard InChI is InChI=1S/C16H20N2O/c1-2-18-10-9-17-16(18)11-15(19)14-6-4-3-5-13(14)12-7-8-12/h3-6,9-10,12,15,19H,2,7-8,11H2,1H3. The van der Waals surface area contributed by atoms with Crippen molar-refractivity contribution in [2.75, 3.05) is 0 Å². The quantitative estimate of drug-likeness (QED) is 0.893. The number of nitrogens with zero attached hydrogens (tertiary/aromatic N) is 2. The van der Waals surface area contributed by atoms with Gasteiger partial charge in [0.15, 0.2) is 0 Å². The molecule has 1 aromatic carbocycles. The summed E-state index contributed by atoms with van der Waals surface area (Å²) in [5.41, 5.74) is 2.40. The molecule has 0 saturated heterocycles. The van der Waals surface area contributed by atoms with Crippen LogP contribution in [-0.4, -0.2) is 14.7 Å². The number of aromatic nitrogens is 2. The Kier molecular flexibility index (Phi) is 3.38. The monoisotopic (exact) mass is 256 g/mol. The molecule has 1 heterocycles. The Bertz CT molecular complexity index is 557. The van der Waals surface area contributed by atoms with Crippen molar-refractivity contribution < 1.29 is 5.11 Å². The van der Waals surface area contributed by atoms with Crippen LogP contribution >= 0.6 is 0 Å². The van der Waals surface area contributed by atoms with Gasteiger partial charge in [0.2, 0.25) is 0 Å². The lowest BCUT2D eigenvalue weighted by molar-refractivity contribution is 0.173. The van der Waals surface area contributed by atoms with Crippen LogP contribution in [0.15, 0.2) is 36.7 Å². The number of aryl methyl sites for hydroxylation is 1. The summed E-state index contributed by atoms with van der Waals surface area (Å²) in [6, 6.07) is 8.29. The zero-order chi connectivity index (χ0) is 13.2. The van der Waals surface area contributed by atoms with E-state index >= 15 is 0 Å². The first-order valence-corrected chi connectivity index (χ1v) is 7.06. The Morgan fingerprint density at radius 2 is 2.16 bits per heavy atom. The van der Waals surface area contributed by atoms with E-state index in [4.69, 9.17) is 0 Å². The number of aliphatic hydroxyl groups is 1. The molecule has 1 aromatic heterocycles. The van der Waals surface area contributed by atoms with Gasteiger partial charge in [0.1, 0.15) is 5.82 Å². The lowest BCUT2D eigenvalue weighted by Gasteiger charge is -2.15. The van der Waals surface area contributed by atoms with Gasteiger partial charge in [-0.1, -0.05) is 24.3 Å². The van der Waals surface area contributed by atoms with E-state index in [0.29, 0.717) is 12.3 Å². The molecule has 0 spiro atoms. The van der Waals surface area contributed by atoms with Crippen molar-refractivity contribution in [3.63, 3.8) is 0 Å². The minimum atomic E-state index is -0.454. The van der Waals surface area contributed by atoms with Gasteiger partial charge in [0.05, 0.1) is 6.10 Å². The fourth-order valence-electron chi connectivity index (χ4n) is 2.68. The summed E-state index contributed by atoms with van der Waals surface area (Å²) < 4.78 is 2.09. The second-order valence-corrected chi connectivity index (χ2v) is 5.25. The lowest BCUT2D eigenvalue weighted by atomic mass is 9.97. The molecule has 19 heavy (non-hydrogen) atoms. The van der Waals surface area contributed by atoms with Crippen molar-refractivity contribution in [3.8, 4) is 0 Å². The molecule has 100 valence electrons. The van der Waals surface area contributed by atoms with Crippen LogP contribution in [0.5, 0.6) is 0 Å². The third kappa shape index (κ3) is 2.56. The normalized spacial score (nSPS) is 16.5. The topological polar surface area (TPSA) is 38.0 Å². The molecule has 0 aliphatic heterocycles. The third-order valence-corrected chi connectivity index (χ3v) is 3.89. The Morgan fingerprint density at radius 1 is 1.37 bits per heavy atom. The average Bonchev–Trinajstić information content (AvgIpc) is 3.19. The van der Waals surface area contributed by atoms with Crippen molar-refractivity contribution in [2.24, 2.45) is 0 Å². The molecule has 1 atom stereocenters. The summed E-state index contributed by atoms with van der Waals surface area (Å²) in [7, 11) is 0. The minimum Gasteiger partial charge on any atom is -0.388 e. The Balaban J connectivity index is 1.82.